The SMILES string of the molecule is O=C1NC(=O)C2(CCNCC2)N1.[C-]#[N+]c1ccc(C(=O)N2CCC3(CC2)NC(=O)N(C)C3=O)cc1.[C-]#[N+]c1ccc(C(=O)N2CCC3(CC2)NC(=O)NC3=O)cc1. The van der Waals surface area contributed by atoms with Crippen LogP contribution in [0.15, 0.2) is 48.5 Å². The van der Waals surface area contributed by atoms with Crippen molar-refractivity contribution in [2.75, 3.05) is 46.3 Å². The van der Waals surface area contributed by atoms with E-state index in [2.05, 4.69) is 41.6 Å². The lowest BCUT2D eigenvalue weighted by atomic mass is 9.87. The van der Waals surface area contributed by atoms with E-state index in [0.717, 1.165) is 18.0 Å². The van der Waals surface area contributed by atoms with Crippen LogP contribution in [0.5, 0.6) is 0 Å². The number of rotatable bonds is 2. The monoisotopic (exact) mass is 779 g/mol. The molecule has 0 unspecified atom stereocenters. The number of likely N-dealkylation sites (tertiary alicyclic amines) is 2. The largest absolute Gasteiger partial charge is 0.338 e. The summed E-state index contributed by atoms with van der Waals surface area (Å²) in [6.07, 6.45) is 2.99. The van der Waals surface area contributed by atoms with Crippen molar-refractivity contribution in [3.8, 4) is 0 Å². The van der Waals surface area contributed by atoms with Crippen LogP contribution in [0.1, 0.15) is 59.2 Å². The van der Waals surface area contributed by atoms with Crippen LogP contribution < -0.4 is 31.9 Å². The van der Waals surface area contributed by atoms with Gasteiger partial charge in [-0.2, -0.15) is 0 Å². The quantitative estimate of drug-likeness (QED) is 0.191. The molecule has 0 bridgehead atoms. The molecule has 3 spiro atoms. The molecule has 296 valence electrons. The summed E-state index contributed by atoms with van der Waals surface area (Å²) < 4.78 is 0. The van der Waals surface area contributed by atoms with Crippen molar-refractivity contribution in [2.24, 2.45) is 0 Å². The maximum atomic E-state index is 12.5. The molecule has 6 fully saturated rings. The van der Waals surface area contributed by atoms with Crippen LogP contribution >= 0.6 is 0 Å². The molecule has 57 heavy (non-hydrogen) atoms. The zero-order valence-corrected chi connectivity index (χ0v) is 31.1. The summed E-state index contributed by atoms with van der Waals surface area (Å²) in [7, 11) is 1.46. The summed E-state index contributed by atoms with van der Waals surface area (Å²) in [5, 5.41) is 15.7. The number of carbonyl (C=O) groups excluding carboxylic acids is 8. The van der Waals surface area contributed by atoms with Gasteiger partial charge in [0.1, 0.15) is 16.6 Å². The summed E-state index contributed by atoms with van der Waals surface area (Å²) in [4.78, 5) is 105. The molecule has 6 saturated heterocycles. The number of hydrogen-bond donors (Lipinski definition) is 6. The van der Waals surface area contributed by atoms with Crippen molar-refractivity contribution in [3.63, 3.8) is 0 Å². The highest BCUT2D eigenvalue weighted by atomic mass is 16.2. The molecule has 11 amide bonds. The lowest BCUT2D eigenvalue weighted by Gasteiger charge is -2.37. The topological polar surface area (TPSA) is 227 Å². The molecular weight excluding hydrogens is 738 g/mol. The Morgan fingerprint density at radius 1 is 0.579 bits per heavy atom. The Kier molecular flexibility index (Phi) is 11.2. The molecule has 6 N–H and O–H groups in total. The molecule has 0 aromatic heterocycles. The Bertz CT molecular complexity index is 2070. The van der Waals surface area contributed by atoms with Gasteiger partial charge in [0.25, 0.3) is 29.5 Å². The van der Waals surface area contributed by atoms with Gasteiger partial charge in [0.05, 0.1) is 13.1 Å². The number of likely N-dealkylation sites (N-methyl/N-ethyl adjacent to an activating group) is 1. The molecule has 2 aromatic rings. The zero-order valence-electron chi connectivity index (χ0n) is 31.1. The normalized spacial score (nSPS) is 21.1. The van der Waals surface area contributed by atoms with Crippen molar-refractivity contribution in [2.45, 2.75) is 55.1 Å². The van der Waals surface area contributed by atoms with Gasteiger partial charge in [0, 0.05) is 44.4 Å². The number of urea groups is 3. The van der Waals surface area contributed by atoms with Crippen LogP contribution in [0.25, 0.3) is 9.69 Å². The summed E-state index contributed by atoms with van der Waals surface area (Å²) in [6, 6.07) is 11.8. The van der Waals surface area contributed by atoms with Crippen molar-refractivity contribution in [3.05, 3.63) is 82.5 Å². The fourth-order valence-electron chi connectivity index (χ4n) is 7.61. The number of piperidine rings is 3. The lowest BCUT2D eigenvalue weighted by Crippen LogP contribution is -2.55. The number of imide groups is 3. The Morgan fingerprint density at radius 3 is 1.30 bits per heavy atom. The number of benzene rings is 2. The van der Waals surface area contributed by atoms with Crippen molar-refractivity contribution in [1.29, 1.82) is 0 Å². The van der Waals surface area contributed by atoms with Gasteiger partial charge in [-0.05, 0) is 51.6 Å². The standard InChI is InChI=1S/C16H16N4O3.C15H14N4O3.C7H11N3O2/c1-17-12-5-3-11(4-6-12)13(21)20-9-7-16(8-10-20)14(22)19(2)15(23)18-16;1-16-11-4-2-10(3-5-11)12(20)19-8-6-15(7-9-19)13(21)17-14(22)18-15;11-5-7(10-6(12)9-5)1-3-8-4-2-7/h3-6H,7-10H2,2H3,(H,18,23);2-5H,6-9H2,(H2,17,18,21,22);8H,1-4H2,(H2,9,10,11,12). The molecular formula is C38H41N11O8. The van der Waals surface area contributed by atoms with Crippen LogP contribution in [0, 0.1) is 13.1 Å². The van der Waals surface area contributed by atoms with Gasteiger partial charge in [-0.15, -0.1) is 0 Å². The highest BCUT2D eigenvalue weighted by molar-refractivity contribution is 6.08. The van der Waals surface area contributed by atoms with Gasteiger partial charge >= 0.3 is 18.1 Å². The maximum Gasteiger partial charge on any atom is 0.324 e. The number of hydrogen-bond acceptors (Lipinski definition) is 9. The smallest absolute Gasteiger partial charge is 0.324 e. The van der Waals surface area contributed by atoms with Gasteiger partial charge in [0.2, 0.25) is 0 Å². The van der Waals surface area contributed by atoms with Gasteiger partial charge in [-0.3, -0.25) is 39.5 Å². The summed E-state index contributed by atoms with van der Waals surface area (Å²) in [5.41, 5.74) is -0.336. The molecule has 8 rings (SSSR count). The second-order valence-electron chi connectivity index (χ2n) is 14.5. The summed E-state index contributed by atoms with van der Waals surface area (Å²) in [5.74, 6) is -0.964. The van der Waals surface area contributed by atoms with Crippen molar-refractivity contribution >= 4 is 59.0 Å². The highest BCUT2D eigenvalue weighted by Crippen LogP contribution is 2.30. The van der Waals surface area contributed by atoms with Gasteiger partial charge in [-0.25, -0.2) is 24.1 Å². The Hall–Kier alpha value is -6.86. The maximum absolute atomic E-state index is 12.5. The van der Waals surface area contributed by atoms with E-state index in [1.807, 2.05) is 0 Å². The minimum atomic E-state index is -0.873. The summed E-state index contributed by atoms with van der Waals surface area (Å²) in [6.45, 7) is 17.0. The molecule has 6 heterocycles. The van der Waals surface area contributed by atoms with Crippen LogP contribution in [0.4, 0.5) is 25.8 Å². The number of amides is 11. The summed E-state index contributed by atoms with van der Waals surface area (Å²) >= 11 is 0. The Labute approximate surface area is 327 Å². The first-order chi connectivity index (χ1) is 27.2. The molecule has 6 aliphatic rings. The molecule has 0 atom stereocenters. The van der Waals surface area contributed by atoms with Gasteiger partial charge in [-0.1, -0.05) is 48.5 Å². The van der Waals surface area contributed by atoms with E-state index in [1.54, 1.807) is 58.3 Å². The fraction of sp³-hybridized carbons (Fsp3) is 0.421. The van der Waals surface area contributed by atoms with E-state index in [-0.39, 0.29) is 41.6 Å². The molecule has 2 aromatic carbocycles. The molecule has 0 radical (unpaired) electrons. The van der Waals surface area contributed by atoms with Gasteiger partial charge < -0.3 is 31.1 Å². The number of nitrogens with zero attached hydrogens (tertiary/aromatic N) is 5. The first-order valence-electron chi connectivity index (χ1n) is 18.4. The number of carbonyl (C=O) groups is 8. The minimum Gasteiger partial charge on any atom is -0.338 e. The average Bonchev–Trinajstić information content (AvgIpc) is 3.75. The van der Waals surface area contributed by atoms with Crippen molar-refractivity contribution < 1.29 is 38.4 Å². The third-order valence-corrected chi connectivity index (χ3v) is 11.1. The van der Waals surface area contributed by atoms with Crippen LogP contribution in [-0.2, 0) is 14.4 Å². The predicted molar refractivity (Wildman–Crippen MR) is 201 cm³/mol. The second kappa shape index (κ2) is 16.1. The first-order valence-corrected chi connectivity index (χ1v) is 18.4. The van der Waals surface area contributed by atoms with Crippen LogP contribution in [0.3, 0.4) is 0 Å². The van der Waals surface area contributed by atoms with Crippen molar-refractivity contribution in [1.82, 2.24) is 46.6 Å². The fourth-order valence-corrected chi connectivity index (χ4v) is 7.61. The average molecular weight is 780 g/mol. The predicted octanol–water partition coefficient (Wildman–Crippen LogP) is 1.39. The van der Waals surface area contributed by atoms with Crippen LogP contribution in [0.2, 0.25) is 0 Å². The zero-order chi connectivity index (χ0) is 41.0. The first kappa shape index (κ1) is 39.8. The third kappa shape index (κ3) is 8.10. The lowest BCUT2D eigenvalue weighted by molar-refractivity contribution is -0.132. The number of nitrogens with one attached hydrogen (secondary N) is 6. The third-order valence-electron chi connectivity index (χ3n) is 11.1. The highest BCUT2D eigenvalue weighted by Gasteiger charge is 2.52. The van der Waals surface area contributed by atoms with E-state index in [0.29, 0.717) is 87.2 Å². The van der Waals surface area contributed by atoms with Gasteiger partial charge in [0.15, 0.2) is 11.4 Å². The second-order valence-corrected chi connectivity index (χ2v) is 14.5. The van der Waals surface area contributed by atoms with E-state index in [4.69, 9.17) is 13.1 Å². The Balaban J connectivity index is 0.000000151. The van der Waals surface area contributed by atoms with E-state index >= 15 is 0 Å². The molecule has 0 aliphatic carbocycles. The Morgan fingerprint density at radius 2 is 0.965 bits per heavy atom. The van der Waals surface area contributed by atoms with E-state index in [9.17, 15) is 38.4 Å². The van der Waals surface area contributed by atoms with Crippen LogP contribution in [-0.4, -0.2) is 125 Å². The van der Waals surface area contributed by atoms with E-state index in [1.165, 1.54) is 7.05 Å². The van der Waals surface area contributed by atoms with E-state index < -0.39 is 22.6 Å². The molecule has 19 heteroatoms. The molecule has 6 aliphatic heterocycles. The minimum absolute atomic E-state index is 0.124. The molecule has 0 saturated carbocycles. The molecule has 19 nitrogen and oxygen atoms in total.